The fourth-order valence-electron chi connectivity index (χ4n) is 6.30. The molecule has 0 spiro atoms. The summed E-state index contributed by atoms with van der Waals surface area (Å²) in [7, 11) is 0. The second-order valence-corrected chi connectivity index (χ2v) is 13.1. The molecule has 1 fully saturated rings. The van der Waals surface area contributed by atoms with Crippen LogP contribution < -0.4 is 5.56 Å². The molecule has 0 saturated carbocycles. The van der Waals surface area contributed by atoms with Gasteiger partial charge in [0.15, 0.2) is 0 Å². The highest BCUT2D eigenvalue weighted by Crippen LogP contribution is 2.33. The normalized spacial score (nSPS) is 15.0. The predicted molar refractivity (Wildman–Crippen MR) is 185 cm³/mol. The predicted octanol–water partition coefficient (Wildman–Crippen LogP) is 9.62. The second kappa shape index (κ2) is 14.1. The van der Waals surface area contributed by atoms with Gasteiger partial charge in [0.05, 0.1) is 28.2 Å². The first-order valence-corrected chi connectivity index (χ1v) is 17.1. The van der Waals surface area contributed by atoms with Gasteiger partial charge in [0.25, 0.3) is 11.5 Å². The number of hydrogen-bond donors (Lipinski definition) is 0. The number of thiazole rings is 1. The molecule has 5 nitrogen and oxygen atoms in total. The van der Waals surface area contributed by atoms with Crippen LogP contribution in [-0.4, -0.2) is 32.9 Å². The molecule has 2 aromatic carbocycles. The van der Waals surface area contributed by atoms with Crippen molar-refractivity contribution in [2.24, 2.45) is 0 Å². The summed E-state index contributed by atoms with van der Waals surface area (Å²) in [6.45, 7) is 11.2. The van der Waals surface area contributed by atoms with E-state index in [1.165, 1.54) is 11.3 Å². The van der Waals surface area contributed by atoms with Crippen molar-refractivity contribution in [3.8, 4) is 27.5 Å². The first kappa shape index (κ1) is 31.9. The smallest absolute Gasteiger partial charge is 0.265 e. The van der Waals surface area contributed by atoms with Crippen molar-refractivity contribution in [1.29, 1.82) is 0 Å². The number of aromatic nitrogens is 2. The molecule has 3 heterocycles. The molecule has 0 radical (unpaired) electrons. The zero-order valence-corrected chi connectivity index (χ0v) is 28.0. The Bertz CT molecular complexity index is 1710. The molecule has 4 aromatic rings. The van der Waals surface area contributed by atoms with Crippen LogP contribution in [0.1, 0.15) is 93.9 Å². The standard InChI is InChI=1S/C37H42ClN3O2S/c1-6-12-29-15-9-10-20-40(29)36(42)30-22-31(35-39-32(23-44-35)27-16-18-28(38)19-17-27)37(43)41(33(30)21-24(4)5)34-25(7-2)13-11-14-26(34)8-3/h11,13-14,16-19,21-23,29H,6-10,12,15,20H2,1-5H3. The lowest BCUT2D eigenvalue weighted by molar-refractivity contribution is 0.0599. The van der Waals surface area contributed by atoms with Crippen LogP contribution in [0.3, 0.4) is 0 Å². The fourth-order valence-corrected chi connectivity index (χ4v) is 7.26. The molecule has 1 saturated heterocycles. The number of aryl methyl sites for hydroxylation is 2. The van der Waals surface area contributed by atoms with Crippen molar-refractivity contribution in [2.45, 2.75) is 85.6 Å². The van der Waals surface area contributed by atoms with Crippen LogP contribution in [0.15, 0.2) is 64.3 Å². The number of carbonyl (C=O) groups excluding carboxylic acids is 1. The van der Waals surface area contributed by atoms with Crippen molar-refractivity contribution >= 4 is 34.9 Å². The summed E-state index contributed by atoms with van der Waals surface area (Å²) < 4.78 is 1.81. The number of hydrogen-bond acceptors (Lipinski definition) is 4. The molecular formula is C37H42ClN3O2S. The highest BCUT2D eigenvalue weighted by Gasteiger charge is 2.31. The van der Waals surface area contributed by atoms with Crippen molar-refractivity contribution in [1.82, 2.24) is 14.5 Å². The number of allylic oxidation sites excluding steroid dienone is 1. The van der Waals surface area contributed by atoms with E-state index >= 15 is 0 Å². The molecule has 1 aliphatic heterocycles. The maximum Gasteiger partial charge on any atom is 0.265 e. The summed E-state index contributed by atoms with van der Waals surface area (Å²) in [6, 6.07) is 15.8. The van der Waals surface area contributed by atoms with Crippen molar-refractivity contribution in [3.05, 3.63) is 97.2 Å². The minimum Gasteiger partial charge on any atom is -0.336 e. The molecule has 0 N–H and O–H groups in total. The topological polar surface area (TPSA) is 55.2 Å². The van der Waals surface area contributed by atoms with E-state index in [2.05, 4.69) is 43.9 Å². The lowest BCUT2D eigenvalue weighted by Crippen LogP contribution is -2.44. The van der Waals surface area contributed by atoms with Gasteiger partial charge in [-0.05, 0) is 87.8 Å². The molecule has 0 aliphatic carbocycles. The van der Waals surface area contributed by atoms with Gasteiger partial charge in [0.1, 0.15) is 5.01 Å². The Hall–Kier alpha value is -3.48. The Kier molecular flexibility index (Phi) is 10.2. The van der Waals surface area contributed by atoms with Crippen LogP contribution in [0.25, 0.3) is 33.6 Å². The maximum atomic E-state index is 14.8. The average molecular weight is 628 g/mol. The SMILES string of the molecule is CCCC1CCCCN1C(=O)c1cc(-c2nc(-c3ccc(Cl)cc3)cs2)c(=O)n(-c2c(CC)cccc2CC)c1C=C(C)C. The van der Waals surface area contributed by atoms with Crippen molar-refractivity contribution in [3.63, 3.8) is 0 Å². The Labute approximate surface area is 270 Å². The summed E-state index contributed by atoms with van der Waals surface area (Å²) in [6.07, 6.45) is 8.67. The third-order valence-electron chi connectivity index (χ3n) is 8.47. The number of pyridine rings is 1. The fraction of sp³-hybridized carbons (Fsp3) is 0.378. The number of carbonyl (C=O) groups is 1. The van der Waals surface area contributed by atoms with Gasteiger partial charge in [0.2, 0.25) is 0 Å². The largest absolute Gasteiger partial charge is 0.336 e. The number of rotatable bonds is 9. The highest BCUT2D eigenvalue weighted by molar-refractivity contribution is 7.13. The number of nitrogens with zero attached hydrogens (tertiary/aromatic N) is 3. The van der Waals surface area contributed by atoms with Crippen LogP contribution in [0.4, 0.5) is 0 Å². The Morgan fingerprint density at radius 3 is 2.39 bits per heavy atom. The molecule has 2 aromatic heterocycles. The molecule has 230 valence electrons. The van der Waals surface area contributed by atoms with Gasteiger partial charge in [-0.15, -0.1) is 11.3 Å². The van der Waals surface area contributed by atoms with Crippen LogP contribution >= 0.6 is 22.9 Å². The van der Waals surface area contributed by atoms with Gasteiger partial charge in [-0.25, -0.2) is 4.98 Å². The number of para-hydroxylation sites is 1. The van der Waals surface area contributed by atoms with Crippen LogP contribution in [0.5, 0.6) is 0 Å². The first-order chi connectivity index (χ1) is 21.3. The van der Waals surface area contributed by atoms with Crippen LogP contribution in [-0.2, 0) is 12.8 Å². The van der Waals surface area contributed by atoms with E-state index in [1.807, 2.05) is 60.2 Å². The Balaban J connectivity index is 1.82. The number of likely N-dealkylation sites (tertiary alicyclic amines) is 1. The third-order valence-corrected chi connectivity index (χ3v) is 9.60. The van der Waals surface area contributed by atoms with Crippen LogP contribution in [0, 0.1) is 0 Å². The van der Waals surface area contributed by atoms with Crippen molar-refractivity contribution < 1.29 is 4.79 Å². The van der Waals surface area contributed by atoms with Gasteiger partial charge in [-0.2, -0.15) is 0 Å². The summed E-state index contributed by atoms with van der Waals surface area (Å²) in [5.41, 5.74) is 7.24. The second-order valence-electron chi connectivity index (χ2n) is 11.8. The average Bonchev–Trinajstić information content (AvgIpc) is 3.51. The summed E-state index contributed by atoms with van der Waals surface area (Å²) in [5, 5.41) is 3.22. The Morgan fingerprint density at radius 1 is 1.05 bits per heavy atom. The molecule has 1 unspecified atom stereocenters. The number of amides is 1. The van der Waals surface area contributed by atoms with Gasteiger partial charge >= 0.3 is 0 Å². The van der Waals surface area contributed by atoms with E-state index in [-0.39, 0.29) is 17.5 Å². The minimum atomic E-state index is -0.162. The monoisotopic (exact) mass is 627 g/mol. The van der Waals surface area contributed by atoms with E-state index in [4.69, 9.17) is 16.6 Å². The molecular weight excluding hydrogens is 586 g/mol. The summed E-state index contributed by atoms with van der Waals surface area (Å²) in [4.78, 5) is 36.5. The zero-order valence-electron chi connectivity index (χ0n) is 26.5. The van der Waals surface area contributed by atoms with E-state index in [1.54, 1.807) is 0 Å². The quantitative estimate of drug-likeness (QED) is 0.186. The van der Waals surface area contributed by atoms with E-state index in [0.29, 0.717) is 26.9 Å². The van der Waals surface area contributed by atoms with Gasteiger partial charge in [-0.3, -0.25) is 14.2 Å². The molecule has 1 amide bonds. The van der Waals surface area contributed by atoms with E-state index in [9.17, 15) is 9.59 Å². The van der Waals surface area contributed by atoms with E-state index < -0.39 is 0 Å². The molecule has 5 rings (SSSR count). The molecule has 1 aliphatic rings. The first-order valence-electron chi connectivity index (χ1n) is 15.9. The van der Waals surface area contributed by atoms with Crippen LogP contribution in [0.2, 0.25) is 5.02 Å². The molecule has 1 atom stereocenters. The van der Waals surface area contributed by atoms with Gasteiger partial charge in [-0.1, -0.05) is 74.7 Å². The number of halogens is 1. The molecule has 7 heteroatoms. The number of piperidine rings is 1. The number of benzene rings is 2. The zero-order chi connectivity index (χ0) is 31.4. The van der Waals surface area contributed by atoms with Gasteiger partial charge in [0, 0.05) is 28.6 Å². The minimum absolute atomic E-state index is 0.00726. The summed E-state index contributed by atoms with van der Waals surface area (Å²) >= 11 is 7.56. The van der Waals surface area contributed by atoms with Gasteiger partial charge < -0.3 is 4.90 Å². The molecule has 44 heavy (non-hydrogen) atoms. The maximum absolute atomic E-state index is 14.8. The summed E-state index contributed by atoms with van der Waals surface area (Å²) in [5.74, 6) is -0.00726. The lowest BCUT2D eigenvalue weighted by Gasteiger charge is -2.36. The lowest BCUT2D eigenvalue weighted by atomic mass is 9.95. The van der Waals surface area contributed by atoms with E-state index in [0.717, 1.165) is 85.1 Å². The third kappa shape index (κ3) is 6.47. The highest BCUT2D eigenvalue weighted by atomic mass is 35.5. The Morgan fingerprint density at radius 2 is 1.75 bits per heavy atom. The van der Waals surface area contributed by atoms with Crippen molar-refractivity contribution in [2.75, 3.05) is 6.54 Å². The molecule has 0 bridgehead atoms.